The minimum atomic E-state index is 0.0248. The molecule has 2 N–H and O–H groups in total. The van der Waals surface area contributed by atoms with Crippen LogP contribution < -0.4 is 15.2 Å². The fourth-order valence-corrected chi connectivity index (χ4v) is 3.04. The number of ether oxygens (including phenoxy) is 2. The van der Waals surface area contributed by atoms with Gasteiger partial charge in [-0.2, -0.15) is 0 Å². The normalized spacial score (nSPS) is 12.0. The highest BCUT2D eigenvalue weighted by molar-refractivity contribution is 9.10. The quantitative estimate of drug-likeness (QED) is 0.853. The van der Waals surface area contributed by atoms with Gasteiger partial charge in [-0.3, -0.25) is 0 Å². The Morgan fingerprint density at radius 1 is 1.05 bits per heavy atom. The molecule has 2 rings (SSSR count). The third-order valence-electron chi connectivity index (χ3n) is 3.52. The second kappa shape index (κ2) is 7.48. The van der Waals surface area contributed by atoms with Gasteiger partial charge in [0.2, 0.25) is 0 Å². The fraction of sp³-hybridized carbons (Fsp3) is 0.294. The molecule has 0 amide bonds. The molecule has 0 saturated heterocycles. The first kappa shape index (κ1) is 15.9. The van der Waals surface area contributed by atoms with E-state index in [2.05, 4.69) is 28.1 Å². The van der Waals surface area contributed by atoms with Gasteiger partial charge in [0.15, 0.2) is 0 Å². The van der Waals surface area contributed by atoms with Crippen molar-refractivity contribution in [1.29, 1.82) is 0 Å². The van der Waals surface area contributed by atoms with Crippen LogP contribution in [0, 0.1) is 0 Å². The van der Waals surface area contributed by atoms with E-state index in [4.69, 9.17) is 15.2 Å². The van der Waals surface area contributed by atoms with Crippen molar-refractivity contribution < 1.29 is 9.47 Å². The fourth-order valence-electron chi connectivity index (χ4n) is 2.33. The SMILES string of the molecule is COc1ccc(CCC(N)c2ccccc2)c(OC)c1Br. The molecule has 1 atom stereocenters. The lowest BCUT2D eigenvalue weighted by atomic mass is 9.99. The van der Waals surface area contributed by atoms with Gasteiger partial charge in [-0.25, -0.2) is 0 Å². The van der Waals surface area contributed by atoms with Crippen molar-refractivity contribution in [2.45, 2.75) is 18.9 Å². The van der Waals surface area contributed by atoms with E-state index in [-0.39, 0.29) is 6.04 Å². The molecule has 0 radical (unpaired) electrons. The van der Waals surface area contributed by atoms with Gasteiger partial charge in [-0.1, -0.05) is 36.4 Å². The maximum Gasteiger partial charge on any atom is 0.139 e. The van der Waals surface area contributed by atoms with E-state index in [1.807, 2.05) is 30.3 Å². The minimum Gasteiger partial charge on any atom is -0.495 e. The van der Waals surface area contributed by atoms with Crippen LogP contribution in [-0.4, -0.2) is 14.2 Å². The van der Waals surface area contributed by atoms with E-state index in [9.17, 15) is 0 Å². The molecule has 21 heavy (non-hydrogen) atoms. The van der Waals surface area contributed by atoms with Gasteiger partial charge in [0.1, 0.15) is 16.0 Å². The molecule has 1 unspecified atom stereocenters. The lowest BCUT2D eigenvalue weighted by Crippen LogP contribution is -2.11. The largest absolute Gasteiger partial charge is 0.495 e. The molecular weight excluding hydrogens is 330 g/mol. The lowest BCUT2D eigenvalue weighted by molar-refractivity contribution is 0.385. The zero-order chi connectivity index (χ0) is 15.2. The Balaban J connectivity index is 2.11. The molecule has 4 heteroatoms. The molecule has 0 bridgehead atoms. The predicted molar refractivity (Wildman–Crippen MR) is 88.9 cm³/mol. The molecule has 0 saturated carbocycles. The van der Waals surface area contributed by atoms with Crippen LogP contribution in [0.5, 0.6) is 11.5 Å². The predicted octanol–water partition coefficient (Wildman–Crippen LogP) is 4.10. The summed E-state index contributed by atoms with van der Waals surface area (Å²) in [6, 6.07) is 14.1. The van der Waals surface area contributed by atoms with Crippen LogP contribution in [0.3, 0.4) is 0 Å². The number of methoxy groups -OCH3 is 2. The van der Waals surface area contributed by atoms with Crippen molar-refractivity contribution in [3.05, 3.63) is 58.1 Å². The van der Waals surface area contributed by atoms with Gasteiger partial charge in [0.05, 0.1) is 14.2 Å². The van der Waals surface area contributed by atoms with E-state index >= 15 is 0 Å². The standard InChI is InChI=1S/C17H20BrNO2/c1-20-15-11-9-13(17(21-2)16(15)18)8-10-14(19)12-6-4-3-5-7-12/h3-7,9,11,14H,8,10,19H2,1-2H3. The van der Waals surface area contributed by atoms with Crippen molar-refractivity contribution in [2.75, 3.05) is 14.2 Å². The van der Waals surface area contributed by atoms with E-state index in [0.717, 1.165) is 39.9 Å². The van der Waals surface area contributed by atoms with Gasteiger partial charge in [-0.15, -0.1) is 0 Å². The van der Waals surface area contributed by atoms with Crippen LogP contribution in [0.1, 0.15) is 23.6 Å². The molecule has 0 aliphatic rings. The summed E-state index contributed by atoms with van der Waals surface area (Å²) in [5.74, 6) is 1.58. The highest BCUT2D eigenvalue weighted by atomic mass is 79.9. The Hall–Kier alpha value is -1.52. The van der Waals surface area contributed by atoms with Crippen LogP contribution in [0.15, 0.2) is 46.9 Å². The van der Waals surface area contributed by atoms with Gasteiger partial charge in [0, 0.05) is 6.04 Å². The van der Waals surface area contributed by atoms with E-state index in [0.29, 0.717) is 0 Å². The summed E-state index contributed by atoms with van der Waals surface area (Å²) in [4.78, 5) is 0. The summed E-state index contributed by atoms with van der Waals surface area (Å²) in [6.07, 6.45) is 1.71. The number of nitrogens with two attached hydrogens (primary N) is 1. The van der Waals surface area contributed by atoms with E-state index < -0.39 is 0 Å². The first-order chi connectivity index (χ1) is 10.2. The van der Waals surface area contributed by atoms with Gasteiger partial charge in [0.25, 0.3) is 0 Å². The summed E-state index contributed by atoms with van der Waals surface area (Å²) in [5.41, 5.74) is 8.53. The summed E-state index contributed by atoms with van der Waals surface area (Å²) >= 11 is 3.52. The first-order valence-electron chi connectivity index (χ1n) is 6.87. The van der Waals surface area contributed by atoms with Crippen LogP contribution in [-0.2, 0) is 6.42 Å². The third-order valence-corrected chi connectivity index (χ3v) is 4.27. The van der Waals surface area contributed by atoms with Crippen molar-refractivity contribution in [3.63, 3.8) is 0 Å². The van der Waals surface area contributed by atoms with Crippen molar-refractivity contribution in [1.82, 2.24) is 0 Å². The first-order valence-corrected chi connectivity index (χ1v) is 7.66. The lowest BCUT2D eigenvalue weighted by Gasteiger charge is -2.16. The molecule has 0 aliphatic heterocycles. The Kier molecular flexibility index (Phi) is 5.65. The van der Waals surface area contributed by atoms with Gasteiger partial charge in [-0.05, 0) is 46.0 Å². The maximum atomic E-state index is 6.25. The highest BCUT2D eigenvalue weighted by Crippen LogP contribution is 2.38. The zero-order valence-electron chi connectivity index (χ0n) is 12.3. The van der Waals surface area contributed by atoms with Gasteiger partial charge < -0.3 is 15.2 Å². The Bertz CT molecular complexity index is 587. The summed E-state index contributed by atoms with van der Waals surface area (Å²) < 4.78 is 11.6. The number of benzene rings is 2. The number of aryl methyl sites for hydroxylation is 1. The number of hydrogen-bond acceptors (Lipinski definition) is 3. The monoisotopic (exact) mass is 349 g/mol. The zero-order valence-corrected chi connectivity index (χ0v) is 13.9. The van der Waals surface area contributed by atoms with E-state index in [1.54, 1.807) is 14.2 Å². The number of rotatable bonds is 6. The molecule has 0 heterocycles. The summed E-state index contributed by atoms with van der Waals surface area (Å²) in [7, 11) is 3.31. The molecule has 2 aromatic rings. The summed E-state index contributed by atoms with van der Waals surface area (Å²) in [6.45, 7) is 0. The third kappa shape index (κ3) is 3.77. The average molecular weight is 350 g/mol. The topological polar surface area (TPSA) is 44.5 Å². The second-order valence-corrected chi connectivity index (χ2v) is 5.62. The van der Waals surface area contributed by atoms with Crippen LogP contribution in [0.25, 0.3) is 0 Å². The molecule has 0 aromatic heterocycles. The maximum absolute atomic E-state index is 6.25. The molecular formula is C17H20BrNO2. The van der Waals surface area contributed by atoms with Crippen molar-refractivity contribution in [2.24, 2.45) is 5.73 Å². The van der Waals surface area contributed by atoms with Gasteiger partial charge >= 0.3 is 0 Å². The van der Waals surface area contributed by atoms with Crippen molar-refractivity contribution >= 4 is 15.9 Å². The molecule has 112 valence electrons. The highest BCUT2D eigenvalue weighted by Gasteiger charge is 2.14. The molecule has 3 nitrogen and oxygen atoms in total. The van der Waals surface area contributed by atoms with Crippen LogP contribution >= 0.6 is 15.9 Å². The summed E-state index contributed by atoms with van der Waals surface area (Å²) in [5, 5.41) is 0. The number of hydrogen-bond donors (Lipinski definition) is 1. The Labute approximate surface area is 134 Å². The Morgan fingerprint density at radius 3 is 2.38 bits per heavy atom. The van der Waals surface area contributed by atoms with E-state index in [1.165, 1.54) is 0 Å². The Morgan fingerprint density at radius 2 is 1.76 bits per heavy atom. The molecule has 0 aliphatic carbocycles. The average Bonchev–Trinajstić information content (AvgIpc) is 2.53. The molecule has 0 spiro atoms. The smallest absolute Gasteiger partial charge is 0.139 e. The second-order valence-electron chi connectivity index (χ2n) is 4.83. The minimum absolute atomic E-state index is 0.0248. The number of halogens is 1. The van der Waals surface area contributed by atoms with Crippen molar-refractivity contribution in [3.8, 4) is 11.5 Å². The molecule has 2 aromatic carbocycles. The van der Waals surface area contributed by atoms with Crippen LogP contribution in [0.4, 0.5) is 0 Å². The molecule has 0 fully saturated rings. The van der Waals surface area contributed by atoms with Crippen LogP contribution in [0.2, 0.25) is 0 Å².